The molecule has 0 amide bonds. The Kier molecular flexibility index (Phi) is 4.91. The Morgan fingerprint density at radius 3 is 2.60 bits per heavy atom. The maximum absolute atomic E-state index is 13.6. The lowest BCUT2D eigenvalue weighted by Crippen LogP contribution is -2.30. The molecule has 0 aliphatic heterocycles. The molecule has 2 aromatic carbocycles. The summed E-state index contributed by atoms with van der Waals surface area (Å²) < 4.78 is 14.1. The van der Waals surface area contributed by atoms with Gasteiger partial charge in [0.1, 0.15) is 5.82 Å². The fourth-order valence-corrected chi connectivity index (χ4v) is 2.76. The van der Waals surface area contributed by atoms with Gasteiger partial charge in [0.15, 0.2) is 0 Å². The molecule has 0 bridgehead atoms. The van der Waals surface area contributed by atoms with E-state index < -0.39 is 0 Å². The largest absolute Gasteiger partial charge is 0.271 e. The summed E-state index contributed by atoms with van der Waals surface area (Å²) in [5.41, 5.74) is 7.28. The van der Waals surface area contributed by atoms with Crippen molar-refractivity contribution in [3.05, 3.63) is 68.9 Å². The summed E-state index contributed by atoms with van der Waals surface area (Å²) in [6.07, 6.45) is 0.708. The third-order valence-corrected chi connectivity index (χ3v) is 4.41. The number of hydrogen-bond acceptors (Lipinski definition) is 2. The number of rotatable bonds is 4. The zero-order valence-electron chi connectivity index (χ0n) is 11.6. The molecule has 0 aromatic heterocycles. The van der Waals surface area contributed by atoms with Gasteiger partial charge in [-0.1, -0.05) is 30.3 Å². The van der Waals surface area contributed by atoms with Crippen molar-refractivity contribution in [2.75, 3.05) is 0 Å². The zero-order chi connectivity index (χ0) is 14.7. The summed E-state index contributed by atoms with van der Waals surface area (Å²) in [6.45, 7) is 4.17. The number of nitrogens with one attached hydrogen (secondary N) is 1. The lowest BCUT2D eigenvalue weighted by molar-refractivity contribution is 0.540. The SMILES string of the molecule is Cc1ccc(CC(NN)c2cccc(F)c2Br)cc1C. The van der Waals surface area contributed by atoms with Crippen LogP contribution in [0.5, 0.6) is 0 Å². The second-order valence-corrected chi connectivity index (χ2v) is 5.78. The van der Waals surface area contributed by atoms with Gasteiger partial charge in [0, 0.05) is 0 Å². The van der Waals surface area contributed by atoms with Gasteiger partial charge in [0.2, 0.25) is 0 Å². The molecule has 0 aliphatic carbocycles. The molecule has 0 radical (unpaired) electrons. The summed E-state index contributed by atoms with van der Waals surface area (Å²) in [6, 6.07) is 11.2. The normalized spacial score (nSPS) is 12.4. The number of benzene rings is 2. The van der Waals surface area contributed by atoms with E-state index in [2.05, 4.69) is 53.4 Å². The van der Waals surface area contributed by atoms with E-state index in [0.29, 0.717) is 10.9 Å². The van der Waals surface area contributed by atoms with Crippen molar-refractivity contribution < 1.29 is 4.39 Å². The van der Waals surface area contributed by atoms with Crippen LogP contribution in [-0.4, -0.2) is 0 Å². The van der Waals surface area contributed by atoms with Crippen molar-refractivity contribution in [1.82, 2.24) is 5.43 Å². The van der Waals surface area contributed by atoms with E-state index in [4.69, 9.17) is 5.84 Å². The van der Waals surface area contributed by atoms with Crippen LogP contribution >= 0.6 is 15.9 Å². The van der Waals surface area contributed by atoms with Crippen LogP contribution in [0.1, 0.15) is 28.3 Å². The minimum absolute atomic E-state index is 0.137. The van der Waals surface area contributed by atoms with Crippen molar-refractivity contribution >= 4 is 15.9 Å². The Morgan fingerprint density at radius 1 is 1.20 bits per heavy atom. The standard InChI is InChI=1S/C16H18BrFN2/c1-10-6-7-12(8-11(10)2)9-15(20-19)13-4-3-5-14(18)16(13)17/h3-8,15,20H,9,19H2,1-2H3. The maximum Gasteiger partial charge on any atom is 0.137 e. The topological polar surface area (TPSA) is 38.0 Å². The smallest absolute Gasteiger partial charge is 0.137 e. The molecule has 0 spiro atoms. The van der Waals surface area contributed by atoms with E-state index in [0.717, 1.165) is 5.56 Å². The van der Waals surface area contributed by atoms with Crippen LogP contribution in [0.2, 0.25) is 0 Å². The van der Waals surface area contributed by atoms with Gasteiger partial charge in [0.05, 0.1) is 10.5 Å². The third kappa shape index (κ3) is 3.26. The van der Waals surface area contributed by atoms with Crippen LogP contribution in [0.3, 0.4) is 0 Å². The monoisotopic (exact) mass is 336 g/mol. The number of hydrazine groups is 1. The molecule has 2 nitrogen and oxygen atoms in total. The molecule has 0 saturated carbocycles. The molecule has 106 valence electrons. The average Bonchev–Trinajstić information content (AvgIpc) is 2.43. The van der Waals surface area contributed by atoms with Crippen molar-refractivity contribution in [1.29, 1.82) is 0 Å². The van der Waals surface area contributed by atoms with Crippen LogP contribution in [0.25, 0.3) is 0 Å². The predicted octanol–water partition coefficient (Wildman–Crippen LogP) is 3.95. The van der Waals surface area contributed by atoms with E-state index in [1.165, 1.54) is 22.8 Å². The van der Waals surface area contributed by atoms with Gasteiger partial charge in [-0.15, -0.1) is 0 Å². The Morgan fingerprint density at radius 2 is 1.95 bits per heavy atom. The molecular formula is C16H18BrFN2. The molecule has 0 saturated heterocycles. The number of aryl methyl sites for hydroxylation is 2. The van der Waals surface area contributed by atoms with Gasteiger partial charge in [-0.2, -0.15) is 0 Å². The van der Waals surface area contributed by atoms with Gasteiger partial charge in [0.25, 0.3) is 0 Å². The fourth-order valence-electron chi connectivity index (χ4n) is 2.21. The Labute approximate surface area is 127 Å². The molecule has 0 aliphatic rings. The van der Waals surface area contributed by atoms with Gasteiger partial charge >= 0.3 is 0 Å². The van der Waals surface area contributed by atoms with E-state index in [-0.39, 0.29) is 11.9 Å². The van der Waals surface area contributed by atoms with Crippen molar-refractivity contribution in [2.45, 2.75) is 26.3 Å². The van der Waals surface area contributed by atoms with Crippen molar-refractivity contribution in [3.63, 3.8) is 0 Å². The van der Waals surface area contributed by atoms with Crippen molar-refractivity contribution in [3.8, 4) is 0 Å². The van der Waals surface area contributed by atoms with E-state index in [1.54, 1.807) is 6.07 Å². The van der Waals surface area contributed by atoms with E-state index in [9.17, 15) is 4.39 Å². The van der Waals surface area contributed by atoms with Gasteiger partial charge < -0.3 is 0 Å². The van der Waals surface area contributed by atoms with Crippen LogP contribution in [0.15, 0.2) is 40.9 Å². The van der Waals surface area contributed by atoms with E-state index >= 15 is 0 Å². The molecule has 4 heteroatoms. The number of nitrogens with two attached hydrogens (primary N) is 1. The molecule has 0 heterocycles. The first-order valence-corrected chi connectivity index (χ1v) is 7.28. The second kappa shape index (κ2) is 6.48. The highest BCUT2D eigenvalue weighted by Gasteiger charge is 2.16. The third-order valence-electron chi connectivity index (χ3n) is 3.57. The van der Waals surface area contributed by atoms with Gasteiger partial charge in [-0.05, 0) is 64.5 Å². The Balaban J connectivity index is 2.28. The predicted molar refractivity (Wildman–Crippen MR) is 83.8 cm³/mol. The molecule has 0 fully saturated rings. The van der Waals surface area contributed by atoms with Crippen molar-refractivity contribution in [2.24, 2.45) is 5.84 Å². The highest BCUT2D eigenvalue weighted by Crippen LogP contribution is 2.28. The quantitative estimate of drug-likeness (QED) is 0.655. The molecule has 3 N–H and O–H groups in total. The lowest BCUT2D eigenvalue weighted by atomic mass is 9.97. The van der Waals surface area contributed by atoms with Crippen LogP contribution < -0.4 is 11.3 Å². The first-order chi connectivity index (χ1) is 9.52. The Bertz CT molecular complexity index is 613. The zero-order valence-corrected chi connectivity index (χ0v) is 13.2. The Hall–Kier alpha value is -1.23. The molecule has 2 rings (SSSR count). The average molecular weight is 337 g/mol. The summed E-state index contributed by atoms with van der Waals surface area (Å²) >= 11 is 3.29. The molecule has 1 atom stereocenters. The second-order valence-electron chi connectivity index (χ2n) is 4.99. The fraction of sp³-hybridized carbons (Fsp3) is 0.250. The highest BCUT2D eigenvalue weighted by atomic mass is 79.9. The molecule has 2 aromatic rings. The lowest BCUT2D eigenvalue weighted by Gasteiger charge is -2.18. The molecular weight excluding hydrogens is 319 g/mol. The first kappa shape index (κ1) is 15.2. The van der Waals surface area contributed by atoms with Crippen LogP contribution in [0.4, 0.5) is 4.39 Å². The van der Waals surface area contributed by atoms with Crippen LogP contribution in [-0.2, 0) is 6.42 Å². The molecule has 1 unspecified atom stereocenters. The summed E-state index contributed by atoms with van der Waals surface area (Å²) in [5, 5.41) is 0. The summed E-state index contributed by atoms with van der Waals surface area (Å²) in [4.78, 5) is 0. The summed E-state index contributed by atoms with van der Waals surface area (Å²) in [5.74, 6) is 5.37. The molecule has 20 heavy (non-hydrogen) atoms. The van der Waals surface area contributed by atoms with Crippen LogP contribution in [0, 0.1) is 19.7 Å². The van der Waals surface area contributed by atoms with Gasteiger partial charge in [-0.3, -0.25) is 11.3 Å². The van der Waals surface area contributed by atoms with E-state index in [1.807, 2.05) is 6.07 Å². The minimum atomic E-state index is -0.275. The minimum Gasteiger partial charge on any atom is -0.271 e. The first-order valence-electron chi connectivity index (χ1n) is 6.49. The van der Waals surface area contributed by atoms with Gasteiger partial charge in [-0.25, -0.2) is 4.39 Å². The maximum atomic E-state index is 13.6. The highest BCUT2D eigenvalue weighted by molar-refractivity contribution is 9.10. The summed E-state index contributed by atoms with van der Waals surface area (Å²) in [7, 11) is 0. The number of halogens is 2. The number of hydrogen-bond donors (Lipinski definition) is 2.